The molecule has 1 aromatic heterocycles. The maximum Gasteiger partial charge on any atom is 0.344 e. The van der Waals surface area contributed by atoms with Crippen LogP contribution in [0.25, 0.3) is 11.0 Å². The monoisotopic (exact) mass is 398 g/mol. The Labute approximate surface area is 165 Å². The number of rotatable bonds is 8. The van der Waals surface area contributed by atoms with E-state index in [1.165, 1.54) is 32.4 Å². The van der Waals surface area contributed by atoms with Gasteiger partial charge in [-0.15, -0.1) is 0 Å². The van der Waals surface area contributed by atoms with E-state index in [1.807, 2.05) is 0 Å². The molecule has 0 unspecified atom stereocenters. The lowest BCUT2D eigenvalue weighted by molar-refractivity contribution is -0.147. The Morgan fingerprint density at radius 3 is 2.59 bits per heavy atom. The molecule has 3 aromatic rings. The summed E-state index contributed by atoms with van der Waals surface area (Å²) in [6, 6.07) is 10.9. The van der Waals surface area contributed by atoms with E-state index in [4.69, 9.17) is 23.4 Å². The van der Waals surface area contributed by atoms with Crippen molar-refractivity contribution in [1.29, 1.82) is 0 Å². The van der Waals surface area contributed by atoms with E-state index in [2.05, 4.69) is 0 Å². The molecular formula is C21H18O8. The van der Waals surface area contributed by atoms with Crippen LogP contribution in [0.5, 0.6) is 17.2 Å². The number of methoxy groups -OCH3 is 2. The molecule has 0 spiro atoms. The number of carbonyl (C=O) groups is 2. The van der Waals surface area contributed by atoms with Gasteiger partial charge in [-0.1, -0.05) is 0 Å². The molecule has 0 saturated carbocycles. The summed E-state index contributed by atoms with van der Waals surface area (Å²) in [6.07, 6.45) is 0.677. The summed E-state index contributed by atoms with van der Waals surface area (Å²) in [4.78, 5) is 34.7. The van der Waals surface area contributed by atoms with E-state index in [0.717, 1.165) is 0 Å². The van der Waals surface area contributed by atoms with Gasteiger partial charge < -0.3 is 23.4 Å². The van der Waals surface area contributed by atoms with Crippen molar-refractivity contribution in [3.8, 4) is 17.2 Å². The van der Waals surface area contributed by atoms with Crippen LogP contribution in [0, 0.1) is 0 Å². The van der Waals surface area contributed by atoms with Gasteiger partial charge in [-0.05, 0) is 30.3 Å². The summed E-state index contributed by atoms with van der Waals surface area (Å²) in [5.74, 6) is 0.523. The van der Waals surface area contributed by atoms with Crippen molar-refractivity contribution in [2.75, 3.05) is 20.8 Å². The number of carbonyl (C=O) groups excluding carboxylic acids is 2. The second-order valence-corrected chi connectivity index (χ2v) is 5.93. The van der Waals surface area contributed by atoms with Crippen molar-refractivity contribution < 1.29 is 33.0 Å². The molecule has 0 fully saturated rings. The highest BCUT2D eigenvalue weighted by molar-refractivity contribution is 5.82. The molecule has 2 aromatic carbocycles. The van der Waals surface area contributed by atoms with Gasteiger partial charge in [0, 0.05) is 28.6 Å². The fourth-order valence-electron chi connectivity index (χ4n) is 2.67. The Morgan fingerprint density at radius 1 is 1.03 bits per heavy atom. The van der Waals surface area contributed by atoms with Gasteiger partial charge in [0.05, 0.1) is 14.2 Å². The largest absolute Gasteiger partial charge is 0.497 e. The lowest BCUT2D eigenvalue weighted by atomic mass is 10.1. The van der Waals surface area contributed by atoms with Gasteiger partial charge in [0.25, 0.3) is 0 Å². The van der Waals surface area contributed by atoms with E-state index in [0.29, 0.717) is 45.6 Å². The minimum atomic E-state index is -0.638. The number of benzene rings is 2. The van der Waals surface area contributed by atoms with E-state index >= 15 is 0 Å². The van der Waals surface area contributed by atoms with Gasteiger partial charge in [0.15, 0.2) is 18.1 Å². The standard InChI is InChI=1S/C21H18O8/c1-25-15-4-5-16-14(8-20(23)29-18(16)9-15)11-28-21(24)12-27-17-6-3-13(10-22)7-19(17)26-2/h3-10H,11-12H2,1-2H3. The van der Waals surface area contributed by atoms with Crippen LogP contribution in [0.2, 0.25) is 0 Å². The van der Waals surface area contributed by atoms with E-state index < -0.39 is 11.6 Å². The number of hydrogen-bond donors (Lipinski definition) is 0. The van der Waals surface area contributed by atoms with Crippen molar-refractivity contribution in [2.24, 2.45) is 0 Å². The first-order valence-electron chi connectivity index (χ1n) is 8.56. The molecule has 150 valence electrons. The molecule has 0 amide bonds. The summed E-state index contributed by atoms with van der Waals surface area (Å²) in [6.45, 7) is -0.498. The lowest BCUT2D eigenvalue weighted by Crippen LogP contribution is -2.15. The molecule has 0 atom stereocenters. The fourth-order valence-corrected chi connectivity index (χ4v) is 2.67. The normalized spacial score (nSPS) is 10.4. The van der Waals surface area contributed by atoms with Gasteiger partial charge in [-0.3, -0.25) is 4.79 Å². The predicted octanol–water partition coefficient (Wildman–Crippen LogP) is 2.74. The molecule has 0 saturated heterocycles. The smallest absolute Gasteiger partial charge is 0.344 e. The van der Waals surface area contributed by atoms with Gasteiger partial charge in [-0.25, -0.2) is 9.59 Å². The molecule has 0 bridgehead atoms. The molecule has 3 rings (SSSR count). The number of ether oxygens (including phenoxy) is 4. The lowest BCUT2D eigenvalue weighted by Gasteiger charge is -2.11. The molecule has 0 radical (unpaired) electrons. The average Bonchev–Trinajstić information content (AvgIpc) is 2.75. The zero-order valence-corrected chi connectivity index (χ0v) is 15.8. The summed E-state index contributed by atoms with van der Waals surface area (Å²) in [5, 5.41) is 0.630. The van der Waals surface area contributed by atoms with Crippen LogP contribution < -0.4 is 19.8 Å². The number of esters is 1. The van der Waals surface area contributed by atoms with E-state index in [1.54, 1.807) is 24.3 Å². The average molecular weight is 398 g/mol. The van der Waals surface area contributed by atoms with Crippen molar-refractivity contribution in [1.82, 2.24) is 0 Å². The second-order valence-electron chi connectivity index (χ2n) is 5.93. The first-order chi connectivity index (χ1) is 14.0. The number of hydrogen-bond acceptors (Lipinski definition) is 8. The summed E-state index contributed by atoms with van der Waals surface area (Å²) < 4.78 is 26.0. The first-order valence-corrected chi connectivity index (χ1v) is 8.56. The Morgan fingerprint density at radius 2 is 1.86 bits per heavy atom. The minimum Gasteiger partial charge on any atom is -0.497 e. The Kier molecular flexibility index (Phi) is 6.13. The highest BCUT2D eigenvalue weighted by atomic mass is 16.6. The molecular weight excluding hydrogens is 380 g/mol. The number of aldehydes is 1. The fraction of sp³-hybridized carbons (Fsp3) is 0.190. The molecule has 8 nitrogen and oxygen atoms in total. The van der Waals surface area contributed by atoms with Crippen molar-refractivity contribution in [2.45, 2.75) is 6.61 Å². The third-order valence-corrected chi connectivity index (χ3v) is 4.10. The Hall–Kier alpha value is -3.81. The Balaban J connectivity index is 1.67. The van der Waals surface area contributed by atoms with Crippen molar-refractivity contribution >= 4 is 23.2 Å². The highest BCUT2D eigenvalue weighted by Gasteiger charge is 2.12. The van der Waals surface area contributed by atoms with Crippen LogP contribution in [0.1, 0.15) is 15.9 Å². The summed E-state index contributed by atoms with van der Waals surface area (Å²) >= 11 is 0. The van der Waals surface area contributed by atoms with Gasteiger partial charge in [0.2, 0.25) is 0 Å². The SMILES string of the molecule is COc1ccc2c(COC(=O)COc3ccc(C=O)cc3OC)cc(=O)oc2c1. The topological polar surface area (TPSA) is 101 Å². The van der Waals surface area contributed by atoms with Crippen LogP contribution in [-0.4, -0.2) is 33.1 Å². The summed E-state index contributed by atoms with van der Waals surface area (Å²) in [5.41, 5.74) is 0.690. The second kappa shape index (κ2) is 8.92. The van der Waals surface area contributed by atoms with Crippen LogP contribution in [0.15, 0.2) is 51.7 Å². The van der Waals surface area contributed by atoms with E-state index in [-0.39, 0.29) is 13.2 Å². The first kappa shape index (κ1) is 19.9. The Bertz CT molecular complexity index is 1100. The van der Waals surface area contributed by atoms with Crippen LogP contribution >= 0.6 is 0 Å². The van der Waals surface area contributed by atoms with Crippen LogP contribution in [0.3, 0.4) is 0 Å². The zero-order valence-electron chi connectivity index (χ0n) is 15.8. The molecule has 29 heavy (non-hydrogen) atoms. The molecule has 0 aliphatic rings. The minimum absolute atomic E-state index is 0.127. The van der Waals surface area contributed by atoms with Crippen LogP contribution in [-0.2, 0) is 16.1 Å². The van der Waals surface area contributed by atoms with Gasteiger partial charge in [0.1, 0.15) is 24.2 Å². The van der Waals surface area contributed by atoms with Crippen molar-refractivity contribution in [3.05, 3.63) is 64.0 Å². The molecule has 8 heteroatoms. The van der Waals surface area contributed by atoms with Crippen LogP contribution in [0.4, 0.5) is 0 Å². The van der Waals surface area contributed by atoms with Gasteiger partial charge in [-0.2, -0.15) is 0 Å². The van der Waals surface area contributed by atoms with E-state index in [9.17, 15) is 14.4 Å². The molecule has 0 aliphatic heterocycles. The maximum absolute atomic E-state index is 12.1. The maximum atomic E-state index is 12.1. The third kappa shape index (κ3) is 4.73. The number of fused-ring (bicyclic) bond motifs is 1. The zero-order chi connectivity index (χ0) is 20.8. The van der Waals surface area contributed by atoms with Gasteiger partial charge >= 0.3 is 11.6 Å². The molecule has 0 N–H and O–H groups in total. The van der Waals surface area contributed by atoms with Crippen molar-refractivity contribution in [3.63, 3.8) is 0 Å². The predicted molar refractivity (Wildman–Crippen MR) is 103 cm³/mol. The molecule has 1 heterocycles. The highest BCUT2D eigenvalue weighted by Crippen LogP contribution is 2.27. The summed E-state index contributed by atoms with van der Waals surface area (Å²) in [7, 11) is 2.93. The third-order valence-electron chi connectivity index (χ3n) is 4.10. The molecule has 0 aliphatic carbocycles. The quantitative estimate of drug-likeness (QED) is 0.324.